The summed E-state index contributed by atoms with van der Waals surface area (Å²) in [6.45, 7) is 4.00. The van der Waals surface area contributed by atoms with Gasteiger partial charge in [0, 0.05) is 0 Å². The zero-order valence-corrected chi connectivity index (χ0v) is 8.15. The largest absolute Gasteiger partial charge is 0.467 e. The molecule has 0 aliphatic heterocycles. The summed E-state index contributed by atoms with van der Waals surface area (Å²) in [6.07, 6.45) is 2.85. The van der Waals surface area contributed by atoms with Gasteiger partial charge in [0.15, 0.2) is 0 Å². The quantitative estimate of drug-likeness (QED) is 0.785. The Hall–Kier alpha value is -0.280. The monoisotopic (exact) mass is 217 g/mol. The molecule has 1 rings (SSSR count). The zero-order chi connectivity index (χ0) is 8.10. The molecule has 0 spiro atoms. The zero-order valence-electron chi connectivity index (χ0n) is 6.56. The highest BCUT2D eigenvalue weighted by Gasteiger charge is 1.96. The molecule has 0 saturated heterocycles. The minimum absolute atomic E-state index is 0.819. The first kappa shape index (κ1) is 8.81. The normalized spacial score (nSPS) is 10.4. The van der Waals surface area contributed by atoms with E-state index in [9.17, 15) is 0 Å². The highest BCUT2D eigenvalue weighted by atomic mass is 79.9. The van der Waals surface area contributed by atoms with Crippen molar-refractivity contribution in [1.82, 2.24) is 5.32 Å². The van der Waals surface area contributed by atoms with Crippen molar-refractivity contribution in [2.45, 2.75) is 19.9 Å². The first-order valence-electron chi connectivity index (χ1n) is 3.76. The predicted octanol–water partition coefficient (Wildman–Crippen LogP) is 2.54. The number of hydrogen-bond donors (Lipinski definition) is 1. The summed E-state index contributed by atoms with van der Waals surface area (Å²) in [6, 6.07) is 1.97. The number of hydrogen-bond acceptors (Lipinski definition) is 2. The van der Waals surface area contributed by atoms with Gasteiger partial charge < -0.3 is 9.73 Å². The van der Waals surface area contributed by atoms with Crippen LogP contribution in [0.5, 0.6) is 0 Å². The Labute approximate surface area is 75.1 Å². The van der Waals surface area contributed by atoms with Gasteiger partial charge in [-0.25, -0.2) is 0 Å². The van der Waals surface area contributed by atoms with Crippen LogP contribution in [0.15, 0.2) is 21.2 Å². The predicted molar refractivity (Wildman–Crippen MR) is 48.4 cm³/mol. The second-order valence-corrected chi connectivity index (χ2v) is 3.32. The maximum atomic E-state index is 5.20. The van der Waals surface area contributed by atoms with Gasteiger partial charge in [-0.05, 0) is 35.0 Å². The molecule has 0 unspecified atom stereocenters. The summed E-state index contributed by atoms with van der Waals surface area (Å²) in [7, 11) is 0. The lowest BCUT2D eigenvalue weighted by Crippen LogP contribution is -2.12. The SMILES string of the molecule is CCCNCc1cc(Br)co1. The Kier molecular flexibility index (Phi) is 3.66. The van der Waals surface area contributed by atoms with E-state index in [1.54, 1.807) is 6.26 Å². The number of rotatable bonds is 4. The summed E-state index contributed by atoms with van der Waals surface area (Å²) >= 11 is 3.32. The van der Waals surface area contributed by atoms with Crippen LogP contribution in [0, 0.1) is 0 Å². The third kappa shape index (κ3) is 3.08. The number of nitrogens with one attached hydrogen (secondary N) is 1. The Morgan fingerprint density at radius 3 is 3.00 bits per heavy atom. The van der Waals surface area contributed by atoms with Crippen LogP contribution in [-0.4, -0.2) is 6.54 Å². The van der Waals surface area contributed by atoms with E-state index in [1.807, 2.05) is 6.07 Å². The van der Waals surface area contributed by atoms with Gasteiger partial charge in [-0.1, -0.05) is 6.92 Å². The van der Waals surface area contributed by atoms with E-state index in [2.05, 4.69) is 28.2 Å². The molecule has 62 valence electrons. The molecule has 3 heteroatoms. The van der Waals surface area contributed by atoms with Crippen LogP contribution < -0.4 is 5.32 Å². The fourth-order valence-electron chi connectivity index (χ4n) is 0.835. The van der Waals surface area contributed by atoms with E-state index in [0.29, 0.717) is 0 Å². The van der Waals surface area contributed by atoms with Crippen molar-refractivity contribution < 1.29 is 4.42 Å². The van der Waals surface area contributed by atoms with E-state index in [0.717, 1.165) is 29.7 Å². The molecule has 0 atom stereocenters. The van der Waals surface area contributed by atoms with Crippen LogP contribution in [0.3, 0.4) is 0 Å². The van der Waals surface area contributed by atoms with Crippen molar-refractivity contribution in [2.75, 3.05) is 6.54 Å². The maximum Gasteiger partial charge on any atom is 0.118 e. The van der Waals surface area contributed by atoms with Crippen LogP contribution in [0.4, 0.5) is 0 Å². The van der Waals surface area contributed by atoms with Crippen molar-refractivity contribution >= 4 is 15.9 Å². The molecule has 0 fully saturated rings. The Bertz CT molecular complexity index is 210. The standard InChI is InChI=1S/C8H12BrNO/c1-2-3-10-5-8-4-7(9)6-11-8/h4,6,10H,2-3,5H2,1H3. The van der Waals surface area contributed by atoms with Crippen molar-refractivity contribution in [3.8, 4) is 0 Å². The molecule has 1 aromatic heterocycles. The Balaban J connectivity index is 2.27. The topological polar surface area (TPSA) is 25.2 Å². The van der Waals surface area contributed by atoms with Crippen molar-refractivity contribution in [3.63, 3.8) is 0 Å². The van der Waals surface area contributed by atoms with Crippen molar-refractivity contribution in [2.24, 2.45) is 0 Å². The smallest absolute Gasteiger partial charge is 0.118 e. The third-order valence-corrected chi connectivity index (χ3v) is 1.76. The van der Waals surface area contributed by atoms with Crippen LogP contribution in [0.25, 0.3) is 0 Å². The lowest BCUT2D eigenvalue weighted by molar-refractivity contribution is 0.482. The molecule has 11 heavy (non-hydrogen) atoms. The van der Waals surface area contributed by atoms with Gasteiger partial charge >= 0.3 is 0 Å². The van der Waals surface area contributed by atoms with Crippen LogP contribution in [0.1, 0.15) is 19.1 Å². The Morgan fingerprint density at radius 2 is 2.45 bits per heavy atom. The molecule has 1 heterocycles. The fourth-order valence-corrected chi connectivity index (χ4v) is 1.18. The lowest BCUT2D eigenvalue weighted by Gasteiger charge is -1.97. The molecule has 1 aromatic rings. The summed E-state index contributed by atoms with van der Waals surface area (Å²) in [5.74, 6) is 0.977. The Morgan fingerprint density at radius 1 is 1.64 bits per heavy atom. The van der Waals surface area contributed by atoms with Crippen LogP contribution in [0.2, 0.25) is 0 Å². The summed E-state index contributed by atoms with van der Waals surface area (Å²) < 4.78 is 6.21. The second-order valence-electron chi connectivity index (χ2n) is 2.41. The molecule has 0 aliphatic rings. The highest BCUT2D eigenvalue weighted by Crippen LogP contribution is 2.13. The average Bonchev–Trinajstić information content (AvgIpc) is 2.37. The lowest BCUT2D eigenvalue weighted by atomic mass is 10.4. The van der Waals surface area contributed by atoms with Gasteiger partial charge in [0.25, 0.3) is 0 Å². The second kappa shape index (κ2) is 4.57. The average molecular weight is 218 g/mol. The van der Waals surface area contributed by atoms with E-state index in [4.69, 9.17) is 4.42 Å². The van der Waals surface area contributed by atoms with Gasteiger partial charge in [0.05, 0.1) is 11.0 Å². The minimum Gasteiger partial charge on any atom is -0.467 e. The molecule has 0 saturated carbocycles. The van der Waals surface area contributed by atoms with E-state index < -0.39 is 0 Å². The molecule has 0 aliphatic carbocycles. The van der Waals surface area contributed by atoms with Gasteiger partial charge in [-0.15, -0.1) is 0 Å². The van der Waals surface area contributed by atoms with Crippen molar-refractivity contribution in [1.29, 1.82) is 0 Å². The number of furan rings is 1. The van der Waals surface area contributed by atoms with Gasteiger partial charge in [-0.3, -0.25) is 0 Å². The van der Waals surface area contributed by atoms with E-state index in [1.165, 1.54) is 0 Å². The van der Waals surface area contributed by atoms with Crippen LogP contribution >= 0.6 is 15.9 Å². The molecule has 0 bridgehead atoms. The maximum absolute atomic E-state index is 5.20. The molecule has 2 nitrogen and oxygen atoms in total. The summed E-state index contributed by atoms with van der Waals surface area (Å²) in [4.78, 5) is 0. The summed E-state index contributed by atoms with van der Waals surface area (Å²) in [5.41, 5.74) is 0. The van der Waals surface area contributed by atoms with E-state index >= 15 is 0 Å². The first-order valence-corrected chi connectivity index (χ1v) is 4.56. The van der Waals surface area contributed by atoms with E-state index in [-0.39, 0.29) is 0 Å². The molecular formula is C8H12BrNO. The van der Waals surface area contributed by atoms with Gasteiger partial charge in [-0.2, -0.15) is 0 Å². The third-order valence-electron chi connectivity index (χ3n) is 1.35. The minimum atomic E-state index is 0.819. The fraction of sp³-hybridized carbons (Fsp3) is 0.500. The van der Waals surface area contributed by atoms with Gasteiger partial charge in [0.1, 0.15) is 12.0 Å². The van der Waals surface area contributed by atoms with Crippen LogP contribution in [-0.2, 0) is 6.54 Å². The molecule has 0 aromatic carbocycles. The first-order chi connectivity index (χ1) is 5.33. The molecule has 1 N–H and O–H groups in total. The summed E-state index contributed by atoms with van der Waals surface area (Å²) in [5, 5.41) is 3.25. The highest BCUT2D eigenvalue weighted by molar-refractivity contribution is 9.10. The number of halogens is 1. The molecule has 0 radical (unpaired) electrons. The van der Waals surface area contributed by atoms with Gasteiger partial charge in [0.2, 0.25) is 0 Å². The van der Waals surface area contributed by atoms with Crippen molar-refractivity contribution in [3.05, 3.63) is 22.6 Å². The molecule has 0 amide bonds. The molecular weight excluding hydrogens is 206 g/mol.